The van der Waals surface area contributed by atoms with E-state index in [0.29, 0.717) is 11.8 Å². The van der Waals surface area contributed by atoms with E-state index in [2.05, 4.69) is 24.1 Å². The van der Waals surface area contributed by atoms with Gasteiger partial charge in [0.1, 0.15) is 5.82 Å². The minimum absolute atomic E-state index is 0.438. The van der Waals surface area contributed by atoms with Crippen LogP contribution in [0.3, 0.4) is 0 Å². The molecule has 1 N–H and O–H groups in total. The van der Waals surface area contributed by atoms with Gasteiger partial charge in [-0.25, -0.2) is 0 Å². The largest absolute Gasteiger partial charge is 0.481 e. The lowest BCUT2D eigenvalue weighted by Crippen LogP contribution is -2.00. The van der Waals surface area contributed by atoms with Crippen LogP contribution in [0.1, 0.15) is 25.3 Å². The normalized spacial score (nSPS) is 10.2. The molecule has 0 atom stereocenters. The second-order valence-corrected chi connectivity index (χ2v) is 3.20. The van der Waals surface area contributed by atoms with E-state index in [9.17, 15) is 0 Å². The first-order valence-electron chi connectivity index (χ1n) is 4.41. The monoisotopic (exact) mass is 180 g/mol. The van der Waals surface area contributed by atoms with Crippen LogP contribution in [0.5, 0.6) is 5.88 Å². The van der Waals surface area contributed by atoms with Gasteiger partial charge in [0, 0.05) is 12.6 Å². The Bertz CT molecular complexity index is 284. The predicted molar refractivity (Wildman–Crippen MR) is 54.4 cm³/mol. The van der Waals surface area contributed by atoms with Crippen LogP contribution >= 0.6 is 0 Å². The molecule has 1 rings (SSSR count). The van der Waals surface area contributed by atoms with Crippen molar-refractivity contribution in [3.05, 3.63) is 17.7 Å². The van der Waals surface area contributed by atoms with Crippen molar-refractivity contribution in [2.24, 2.45) is 0 Å². The van der Waals surface area contributed by atoms with E-state index >= 15 is 0 Å². The van der Waals surface area contributed by atoms with Crippen molar-refractivity contribution in [2.45, 2.75) is 19.8 Å². The summed E-state index contributed by atoms with van der Waals surface area (Å²) in [5, 5.41) is 2.98. The molecular weight excluding hydrogens is 164 g/mol. The van der Waals surface area contributed by atoms with Crippen molar-refractivity contribution < 1.29 is 4.74 Å². The van der Waals surface area contributed by atoms with Crippen molar-refractivity contribution in [2.75, 3.05) is 19.5 Å². The lowest BCUT2D eigenvalue weighted by atomic mass is 10.1. The Hall–Kier alpha value is -1.25. The molecule has 3 heteroatoms. The average molecular weight is 180 g/mol. The summed E-state index contributed by atoms with van der Waals surface area (Å²) in [6.45, 7) is 4.25. The lowest BCUT2D eigenvalue weighted by Gasteiger charge is -2.11. The summed E-state index contributed by atoms with van der Waals surface area (Å²) in [6, 6.07) is 4.00. The van der Waals surface area contributed by atoms with Crippen LogP contribution in [0.2, 0.25) is 0 Å². The van der Waals surface area contributed by atoms with E-state index in [-0.39, 0.29) is 0 Å². The van der Waals surface area contributed by atoms with Crippen LogP contribution in [-0.4, -0.2) is 19.1 Å². The fourth-order valence-corrected chi connectivity index (χ4v) is 1.19. The van der Waals surface area contributed by atoms with Gasteiger partial charge >= 0.3 is 0 Å². The highest BCUT2D eigenvalue weighted by Crippen LogP contribution is 2.25. The zero-order chi connectivity index (χ0) is 9.84. The molecule has 0 radical (unpaired) electrons. The molecule has 0 saturated heterocycles. The molecule has 1 heterocycles. The number of pyridine rings is 1. The lowest BCUT2D eigenvalue weighted by molar-refractivity contribution is 0.391. The van der Waals surface area contributed by atoms with Crippen molar-refractivity contribution >= 4 is 5.82 Å². The summed E-state index contributed by atoms with van der Waals surface area (Å²) in [5.41, 5.74) is 1.14. The maximum Gasteiger partial charge on any atom is 0.218 e. The molecule has 1 aromatic heterocycles. The fraction of sp³-hybridized carbons (Fsp3) is 0.500. The molecule has 0 bridgehead atoms. The van der Waals surface area contributed by atoms with Crippen molar-refractivity contribution in [1.82, 2.24) is 4.98 Å². The minimum atomic E-state index is 0.438. The number of nitrogens with one attached hydrogen (secondary N) is 1. The highest BCUT2D eigenvalue weighted by molar-refractivity contribution is 5.41. The highest BCUT2D eigenvalue weighted by Gasteiger charge is 2.08. The Morgan fingerprint density at radius 2 is 2.08 bits per heavy atom. The summed E-state index contributed by atoms with van der Waals surface area (Å²) >= 11 is 0. The number of aromatic nitrogens is 1. The van der Waals surface area contributed by atoms with Crippen LogP contribution in [0, 0.1) is 0 Å². The van der Waals surface area contributed by atoms with Crippen LogP contribution in [0.4, 0.5) is 5.82 Å². The van der Waals surface area contributed by atoms with Crippen LogP contribution in [0.25, 0.3) is 0 Å². The SMILES string of the molecule is CNc1ccc(C(C)C)c(OC)n1. The summed E-state index contributed by atoms with van der Waals surface area (Å²) in [7, 11) is 3.49. The molecule has 3 nitrogen and oxygen atoms in total. The maximum absolute atomic E-state index is 5.20. The number of ether oxygens (including phenoxy) is 1. The van der Waals surface area contributed by atoms with Gasteiger partial charge in [-0.3, -0.25) is 0 Å². The maximum atomic E-state index is 5.20. The molecule has 0 saturated carbocycles. The molecule has 0 aliphatic rings. The van der Waals surface area contributed by atoms with Crippen LogP contribution < -0.4 is 10.1 Å². The minimum Gasteiger partial charge on any atom is -0.481 e. The number of hydrogen-bond donors (Lipinski definition) is 1. The van der Waals surface area contributed by atoms with Gasteiger partial charge in [0.25, 0.3) is 0 Å². The quantitative estimate of drug-likeness (QED) is 0.774. The van der Waals surface area contributed by atoms with Crippen molar-refractivity contribution in [3.8, 4) is 5.88 Å². The summed E-state index contributed by atoms with van der Waals surface area (Å²) in [6.07, 6.45) is 0. The van der Waals surface area contributed by atoms with E-state index < -0.39 is 0 Å². The van der Waals surface area contributed by atoms with E-state index in [1.807, 2.05) is 19.2 Å². The van der Waals surface area contributed by atoms with Gasteiger partial charge in [-0.15, -0.1) is 0 Å². The van der Waals surface area contributed by atoms with E-state index in [1.165, 1.54) is 0 Å². The van der Waals surface area contributed by atoms with E-state index in [4.69, 9.17) is 4.74 Å². The zero-order valence-corrected chi connectivity index (χ0v) is 8.59. The topological polar surface area (TPSA) is 34.1 Å². The first kappa shape index (κ1) is 9.84. The third-order valence-corrected chi connectivity index (χ3v) is 1.96. The third-order valence-electron chi connectivity index (χ3n) is 1.96. The molecule has 72 valence electrons. The Morgan fingerprint density at radius 3 is 2.54 bits per heavy atom. The summed E-state index contributed by atoms with van der Waals surface area (Å²) in [5.74, 6) is 1.98. The molecule has 13 heavy (non-hydrogen) atoms. The Balaban J connectivity index is 3.08. The molecule has 0 spiro atoms. The van der Waals surface area contributed by atoms with Gasteiger partial charge in [0.15, 0.2) is 0 Å². The molecule has 0 unspecified atom stereocenters. The molecule has 1 aromatic rings. The predicted octanol–water partition coefficient (Wildman–Crippen LogP) is 2.26. The fourth-order valence-electron chi connectivity index (χ4n) is 1.19. The van der Waals surface area contributed by atoms with Gasteiger partial charge < -0.3 is 10.1 Å². The second kappa shape index (κ2) is 4.12. The molecule has 0 amide bonds. The number of methoxy groups -OCH3 is 1. The molecule has 0 aliphatic heterocycles. The first-order chi connectivity index (χ1) is 6.19. The van der Waals surface area contributed by atoms with Crippen LogP contribution in [0.15, 0.2) is 12.1 Å². The van der Waals surface area contributed by atoms with E-state index in [1.54, 1.807) is 7.11 Å². The Kier molecular flexibility index (Phi) is 3.12. The Labute approximate surface area is 79.1 Å². The molecule has 0 aromatic carbocycles. The average Bonchev–Trinajstić information content (AvgIpc) is 2.16. The molecule has 0 fully saturated rings. The van der Waals surface area contributed by atoms with Crippen molar-refractivity contribution in [1.29, 1.82) is 0 Å². The van der Waals surface area contributed by atoms with E-state index in [0.717, 1.165) is 11.4 Å². The molecular formula is C10H16N2O. The summed E-state index contributed by atoms with van der Waals surface area (Å²) in [4.78, 5) is 4.30. The number of anilines is 1. The van der Waals surface area contributed by atoms with Gasteiger partial charge in [-0.2, -0.15) is 4.98 Å². The third kappa shape index (κ3) is 2.11. The van der Waals surface area contributed by atoms with Gasteiger partial charge in [0.05, 0.1) is 7.11 Å². The van der Waals surface area contributed by atoms with Crippen LogP contribution in [-0.2, 0) is 0 Å². The number of nitrogens with zero attached hydrogens (tertiary/aromatic N) is 1. The van der Waals surface area contributed by atoms with Gasteiger partial charge in [-0.1, -0.05) is 13.8 Å². The Morgan fingerprint density at radius 1 is 1.38 bits per heavy atom. The van der Waals surface area contributed by atoms with Gasteiger partial charge in [0.2, 0.25) is 5.88 Å². The standard InChI is InChI=1S/C10H16N2O/c1-7(2)8-5-6-9(11-3)12-10(8)13-4/h5-7H,1-4H3,(H,11,12). The smallest absolute Gasteiger partial charge is 0.218 e. The number of rotatable bonds is 3. The molecule has 0 aliphatic carbocycles. The number of hydrogen-bond acceptors (Lipinski definition) is 3. The second-order valence-electron chi connectivity index (χ2n) is 3.20. The summed E-state index contributed by atoms with van der Waals surface area (Å²) < 4.78 is 5.20. The zero-order valence-electron chi connectivity index (χ0n) is 8.59. The van der Waals surface area contributed by atoms with Crippen molar-refractivity contribution in [3.63, 3.8) is 0 Å². The van der Waals surface area contributed by atoms with Gasteiger partial charge in [-0.05, 0) is 18.1 Å². The first-order valence-corrected chi connectivity index (χ1v) is 4.41. The highest BCUT2D eigenvalue weighted by atomic mass is 16.5.